The van der Waals surface area contributed by atoms with Gasteiger partial charge in [0, 0.05) is 11.3 Å². The molecule has 0 aromatic carbocycles. The lowest BCUT2D eigenvalue weighted by molar-refractivity contribution is 0.393. The number of nitrogens with zero attached hydrogens (tertiary/aromatic N) is 2. The molecule has 100 valence electrons. The number of rotatable bonds is 5. The maximum atomic E-state index is 5.21. The Hall–Kier alpha value is -0.970. The molecule has 0 aliphatic heterocycles. The van der Waals surface area contributed by atoms with E-state index in [0.717, 1.165) is 17.9 Å². The summed E-state index contributed by atoms with van der Waals surface area (Å²) in [7, 11) is 1.64. The first-order valence-corrected chi connectivity index (χ1v) is 7.58. The second-order valence-corrected chi connectivity index (χ2v) is 6.08. The van der Waals surface area contributed by atoms with Gasteiger partial charge in [-0.15, -0.1) is 0 Å². The van der Waals surface area contributed by atoms with E-state index in [1.54, 1.807) is 13.4 Å². The summed E-state index contributed by atoms with van der Waals surface area (Å²) >= 11 is 1.98. The van der Waals surface area contributed by atoms with Crippen molar-refractivity contribution in [3.63, 3.8) is 0 Å². The van der Waals surface area contributed by atoms with Gasteiger partial charge < -0.3 is 10.1 Å². The molecule has 1 aromatic rings. The zero-order valence-corrected chi connectivity index (χ0v) is 12.1. The van der Waals surface area contributed by atoms with Crippen LogP contribution in [0.3, 0.4) is 0 Å². The number of thioether (sulfide) groups is 1. The molecule has 0 saturated heterocycles. The van der Waals surface area contributed by atoms with Gasteiger partial charge in [-0.1, -0.05) is 12.8 Å². The van der Waals surface area contributed by atoms with Crippen LogP contribution in [-0.2, 0) is 0 Å². The molecule has 0 atom stereocenters. The lowest BCUT2D eigenvalue weighted by Crippen LogP contribution is -2.30. The van der Waals surface area contributed by atoms with E-state index in [-0.39, 0.29) is 0 Å². The molecule has 1 aliphatic rings. The third-order valence-corrected chi connectivity index (χ3v) is 5.18. The van der Waals surface area contributed by atoms with Crippen LogP contribution in [0.1, 0.15) is 31.2 Å². The lowest BCUT2D eigenvalue weighted by Gasteiger charge is -2.27. The van der Waals surface area contributed by atoms with Crippen molar-refractivity contribution in [2.24, 2.45) is 0 Å². The van der Waals surface area contributed by atoms with Crippen LogP contribution in [0.15, 0.2) is 6.33 Å². The minimum Gasteiger partial charge on any atom is -0.481 e. The van der Waals surface area contributed by atoms with Crippen LogP contribution in [0.25, 0.3) is 0 Å². The second-order valence-electron chi connectivity index (χ2n) is 4.80. The van der Waals surface area contributed by atoms with Gasteiger partial charge in [0.25, 0.3) is 0 Å². The van der Waals surface area contributed by atoms with E-state index in [1.807, 2.05) is 18.7 Å². The van der Waals surface area contributed by atoms with Gasteiger partial charge in [0.1, 0.15) is 12.1 Å². The first kappa shape index (κ1) is 13.5. The average Bonchev–Trinajstić information content (AvgIpc) is 2.87. The highest BCUT2D eigenvalue weighted by atomic mass is 32.2. The zero-order chi connectivity index (χ0) is 13.0. The topological polar surface area (TPSA) is 47.0 Å². The molecule has 4 nitrogen and oxygen atoms in total. The Balaban J connectivity index is 2.05. The summed E-state index contributed by atoms with van der Waals surface area (Å²) in [5.74, 6) is 1.54. The van der Waals surface area contributed by atoms with E-state index >= 15 is 0 Å². The van der Waals surface area contributed by atoms with E-state index in [1.165, 1.54) is 25.7 Å². The SMILES string of the molecule is COc1ncnc(NCC2(SC)CCCC2)c1C. The largest absolute Gasteiger partial charge is 0.481 e. The van der Waals surface area contributed by atoms with Gasteiger partial charge in [-0.05, 0) is 26.0 Å². The van der Waals surface area contributed by atoms with Gasteiger partial charge in [0.05, 0.1) is 12.7 Å². The van der Waals surface area contributed by atoms with Crippen molar-refractivity contribution in [2.75, 3.05) is 25.2 Å². The summed E-state index contributed by atoms with van der Waals surface area (Å²) in [6.45, 7) is 2.96. The average molecular weight is 267 g/mol. The number of anilines is 1. The molecule has 0 spiro atoms. The summed E-state index contributed by atoms with van der Waals surface area (Å²) in [5, 5.41) is 3.47. The standard InChI is InChI=1S/C13H21N3OS/c1-10-11(15-9-16-12(10)17-2)14-8-13(18-3)6-4-5-7-13/h9H,4-8H2,1-3H3,(H,14,15,16). The van der Waals surface area contributed by atoms with Crippen LogP contribution in [0, 0.1) is 6.92 Å². The molecular formula is C13H21N3OS. The molecule has 1 heterocycles. The first-order chi connectivity index (χ1) is 8.71. The molecule has 5 heteroatoms. The minimum absolute atomic E-state index is 0.380. The molecule has 0 radical (unpaired) electrons. The number of hydrogen-bond acceptors (Lipinski definition) is 5. The fourth-order valence-electron chi connectivity index (χ4n) is 2.54. The fourth-order valence-corrected chi connectivity index (χ4v) is 3.45. The Labute approximate surface area is 113 Å². The fraction of sp³-hybridized carbons (Fsp3) is 0.692. The Bertz CT molecular complexity index is 405. The van der Waals surface area contributed by atoms with Crippen molar-refractivity contribution in [2.45, 2.75) is 37.4 Å². The van der Waals surface area contributed by atoms with Crippen LogP contribution in [0.5, 0.6) is 5.88 Å². The van der Waals surface area contributed by atoms with E-state index < -0.39 is 0 Å². The molecule has 1 aromatic heterocycles. The molecule has 0 bridgehead atoms. The van der Waals surface area contributed by atoms with Gasteiger partial charge in [-0.2, -0.15) is 11.8 Å². The van der Waals surface area contributed by atoms with Crippen molar-refractivity contribution in [1.82, 2.24) is 9.97 Å². The van der Waals surface area contributed by atoms with Gasteiger partial charge in [0.15, 0.2) is 0 Å². The van der Waals surface area contributed by atoms with Crippen molar-refractivity contribution in [1.29, 1.82) is 0 Å². The number of aromatic nitrogens is 2. The van der Waals surface area contributed by atoms with Crippen molar-refractivity contribution >= 4 is 17.6 Å². The van der Waals surface area contributed by atoms with E-state index in [4.69, 9.17) is 4.74 Å². The first-order valence-electron chi connectivity index (χ1n) is 6.35. The summed E-state index contributed by atoms with van der Waals surface area (Å²) in [6.07, 6.45) is 9.03. The molecule has 0 amide bonds. The van der Waals surface area contributed by atoms with Gasteiger partial charge in [-0.25, -0.2) is 9.97 Å². The molecule has 1 aliphatic carbocycles. The minimum atomic E-state index is 0.380. The Morgan fingerprint density at radius 1 is 1.39 bits per heavy atom. The van der Waals surface area contributed by atoms with Crippen LogP contribution in [0.4, 0.5) is 5.82 Å². The molecule has 18 heavy (non-hydrogen) atoms. The van der Waals surface area contributed by atoms with E-state index in [2.05, 4.69) is 21.5 Å². The predicted octanol–water partition coefficient (Wildman–Crippen LogP) is 2.88. The molecular weight excluding hydrogens is 246 g/mol. The molecule has 1 N–H and O–H groups in total. The van der Waals surface area contributed by atoms with Crippen molar-refractivity contribution in [3.05, 3.63) is 11.9 Å². The summed E-state index contributed by atoms with van der Waals surface area (Å²) in [5.41, 5.74) is 0.981. The highest BCUT2D eigenvalue weighted by Gasteiger charge is 2.32. The van der Waals surface area contributed by atoms with Crippen LogP contribution >= 0.6 is 11.8 Å². The highest BCUT2D eigenvalue weighted by molar-refractivity contribution is 8.00. The predicted molar refractivity (Wildman–Crippen MR) is 76.5 cm³/mol. The van der Waals surface area contributed by atoms with Gasteiger partial charge in [0.2, 0.25) is 5.88 Å². The smallest absolute Gasteiger partial charge is 0.221 e. The van der Waals surface area contributed by atoms with Crippen LogP contribution in [0.2, 0.25) is 0 Å². The van der Waals surface area contributed by atoms with Gasteiger partial charge >= 0.3 is 0 Å². The molecule has 0 unspecified atom stereocenters. The van der Waals surface area contributed by atoms with Crippen LogP contribution < -0.4 is 10.1 Å². The molecule has 2 rings (SSSR count). The third-order valence-electron chi connectivity index (χ3n) is 3.76. The normalized spacial score (nSPS) is 17.7. The van der Waals surface area contributed by atoms with Crippen molar-refractivity contribution in [3.8, 4) is 5.88 Å². The molecule has 1 fully saturated rings. The number of methoxy groups -OCH3 is 1. The summed E-state index contributed by atoms with van der Waals surface area (Å²) < 4.78 is 5.59. The lowest BCUT2D eigenvalue weighted by atomic mass is 10.1. The third kappa shape index (κ3) is 2.71. The number of ether oxygens (including phenoxy) is 1. The maximum absolute atomic E-state index is 5.21. The quantitative estimate of drug-likeness (QED) is 0.889. The highest BCUT2D eigenvalue weighted by Crippen LogP contribution is 2.40. The Kier molecular flexibility index (Phi) is 4.32. The Morgan fingerprint density at radius 3 is 2.72 bits per heavy atom. The molecule has 1 saturated carbocycles. The Morgan fingerprint density at radius 2 is 2.11 bits per heavy atom. The zero-order valence-electron chi connectivity index (χ0n) is 11.3. The van der Waals surface area contributed by atoms with E-state index in [9.17, 15) is 0 Å². The maximum Gasteiger partial charge on any atom is 0.221 e. The van der Waals surface area contributed by atoms with Gasteiger partial charge in [-0.3, -0.25) is 0 Å². The van der Waals surface area contributed by atoms with Crippen LogP contribution in [-0.4, -0.2) is 34.6 Å². The monoisotopic (exact) mass is 267 g/mol. The second kappa shape index (κ2) is 5.78. The van der Waals surface area contributed by atoms with Crippen molar-refractivity contribution < 1.29 is 4.74 Å². The number of nitrogens with one attached hydrogen (secondary N) is 1. The number of hydrogen-bond donors (Lipinski definition) is 1. The summed E-state index contributed by atoms with van der Waals surface area (Å²) in [4.78, 5) is 8.40. The summed E-state index contributed by atoms with van der Waals surface area (Å²) in [6, 6.07) is 0. The van der Waals surface area contributed by atoms with E-state index in [0.29, 0.717) is 10.6 Å².